The number of piperidine rings is 2. The molecule has 2 aliphatic heterocycles. The maximum absolute atomic E-state index is 14.4. The third kappa shape index (κ3) is 11.0. The van der Waals surface area contributed by atoms with Crippen LogP contribution in [0.5, 0.6) is 0 Å². The zero-order chi connectivity index (χ0) is 59.5. The number of aromatic nitrogens is 4. The van der Waals surface area contributed by atoms with Gasteiger partial charge in [-0.1, -0.05) is 26.0 Å². The predicted molar refractivity (Wildman–Crippen MR) is 319 cm³/mol. The number of Topliss-reactive ketones (excluding diaryl/α,β-unsaturated/α-hetero) is 2. The molecule has 84 heavy (non-hydrogen) atoms. The molecule has 0 amide bonds. The van der Waals surface area contributed by atoms with Gasteiger partial charge in [-0.15, -0.1) is 0 Å². The Morgan fingerprint density at radius 3 is 1.31 bits per heavy atom. The first-order valence-corrected chi connectivity index (χ1v) is 31.2. The molecule has 2 atom stereocenters. The summed E-state index contributed by atoms with van der Waals surface area (Å²) in [4.78, 5) is 46.1. The van der Waals surface area contributed by atoms with E-state index in [0.29, 0.717) is 116 Å². The molecular formula is C62H60F4N8O8S2. The van der Waals surface area contributed by atoms with E-state index in [1.165, 1.54) is 59.1 Å². The number of fused-ring (bicyclic) bond motifs is 4. The molecule has 4 aromatic heterocycles. The number of halogens is 4. The van der Waals surface area contributed by atoms with E-state index in [1.807, 2.05) is 21.9 Å². The van der Waals surface area contributed by atoms with Gasteiger partial charge in [0, 0.05) is 99.0 Å². The Kier molecular flexibility index (Phi) is 15.4. The number of aromatic amines is 2. The average molecular weight is 1190 g/mol. The molecule has 436 valence electrons. The van der Waals surface area contributed by atoms with Gasteiger partial charge in [0.25, 0.3) is 0 Å². The Bertz CT molecular complexity index is 4150. The van der Waals surface area contributed by atoms with Crippen LogP contribution in [-0.4, -0.2) is 101 Å². The van der Waals surface area contributed by atoms with Gasteiger partial charge in [0.15, 0.2) is 23.2 Å². The van der Waals surface area contributed by atoms with E-state index in [0.717, 1.165) is 49.3 Å². The summed E-state index contributed by atoms with van der Waals surface area (Å²) in [5.41, 5.74) is 6.70. The Hall–Kier alpha value is -8.50. The number of carbonyl (C=O) groups excluding carboxylic acids is 2. The number of nitrogens with zero attached hydrogens (tertiary/aromatic N) is 6. The summed E-state index contributed by atoms with van der Waals surface area (Å²) < 4.78 is 122. The summed E-state index contributed by atoms with van der Waals surface area (Å²) in [5, 5.41) is 1.15. The predicted octanol–water partition coefficient (Wildman–Crippen LogP) is 13.3. The van der Waals surface area contributed by atoms with Crippen molar-refractivity contribution in [2.24, 2.45) is 0 Å². The number of imidazole rings is 2. The number of para-hydroxylation sites is 2. The highest BCUT2D eigenvalue weighted by Gasteiger charge is 2.34. The highest BCUT2D eigenvalue weighted by molar-refractivity contribution is 7.92. The Labute approximate surface area is 482 Å². The zero-order valence-electron chi connectivity index (χ0n) is 46.9. The minimum Gasteiger partial charge on any atom is -0.455 e. The van der Waals surface area contributed by atoms with Gasteiger partial charge >= 0.3 is 0 Å². The highest BCUT2D eigenvalue weighted by atomic mass is 32.2. The molecule has 16 nitrogen and oxygen atoms in total. The number of benzene rings is 6. The zero-order valence-corrected chi connectivity index (χ0v) is 48.5. The molecule has 0 unspecified atom stereocenters. The van der Waals surface area contributed by atoms with Crippen molar-refractivity contribution < 1.29 is 52.8 Å². The first-order valence-electron chi connectivity index (χ1n) is 27.5. The third-order valence-corrected chi connectivity index (χ3v) is 18.4. The van der Waals surface area contributed by atoms with E-state index in [2.05, 4.69) is 19.9 Å². The summed E-state index contributed by atoms with van der Waals surface area (Å²) >= 11 is 0. The van der Waals surface area contributed by atoms with Crippen molar-refractivity contribution in [3.63, 3.8) is 0 Å². The van der Waals surface area contributed by atoms with Crippen molar-refractivity contribution >= 4 is 98.9 Å². The summed E-state index contributed by atoms with van der Waals surface area (Å²) in [6.45, 7) is 5.90. The fraction of sp³-hybridized carbons (Fsp3) is 0.290. The van der Waals surface area contributed by atoms with E-state index in [1.54, 1.807) is 74.5 Å². The number of hydrogen-bond acceptors (Lipinski definition) is 12. The van der Waals surface area contributed by atoms with Gasteiger partial charge in [-0.05, 0) is 122 Å². The van der Waals surface area contributed by atoms with E-state index in [4.69, 9.17) is 8.83 Å². The van der Waals surface area contributed by atoms with Crippen LogP contribution in [0.2, 0.25) is 0 Å². The van der Waals surface area contributed by atoms with Crippen LogP contribution < -0.4 is 18.4 Å². The van der Waals surface area contributed by atoms with Gasteiger partial charge in [0.05, 0.1) is 46.0 Å². The standard InChI is InChI=1S/2C31H30F2N4O4S/c2*1-4-26(38)28-22-15-21(19-7-6-14-37(17-19)31-34-24-9-5-8-23(33)29(24)35-31)25(36(2)42(3,39)40)16-27(22)41-30(28)18-10-12-20(32)13-11-18/h2*5,8-13,15-16,19H,4,6-7,14,17H2,1-3H3,(H,34,35)/t2*19-/m10/s1. The van der Waals surface area contributed by atoms with Crippen LogP contribution in [0, 0.1) is 23.3 Å². The molecule has 10 aromatic rings. The first-order chi connectivity index (χ1) is 40.1. The van der Waals surface area contributed by atoms with Crippen molar-refractivity contribution in [3.05, 3.63) is 155 Å². The van der Waals surface area contributed by atoms with Crippen LogP contribution in [0.3, 0.4) is 0 Å². The lowest BCUT2D eigenvalue weighted by atomic mass is 9.88. The molecule has 2 fully saturated rings. The molecule has 12 rings (SSSR count). The molecule has 0 aliphatic carbocycles. The van der Waals surface area contributed by atoms with Crippen LogP contribution in [0.25, 0.3) is 66.7 Å². The normalized spacial score (nSPS) is 15.9. The molecule has 0 bridgehead atoms. The maximum atomic E-state index is 14.4. The van der Waals surface area contributed by atoms with Crippen molar-refractivity contribution in [2.45, 2.75) is 64.2 Å². The lowest BCUT2D eigenvalue weighted by Gasteiger charge is -2.34. The van der Waals surface area contributed by atoms with Crippen LogP contribution >= 0.6 is 0 Å². The maximum Gasteiger partial charge on any atom is 0.232 e. The van der Waals surface area contributed by atoms with Gasteiger partial charge in [-0.25, -0.2) is 44.4 Å². The number of anilines is 4. The summed E-state index contributed by atoms with van der Waals surface area (Å²) in [7, 11) is -4.31. The number of furan rings is 2. The molecule has 0 saturated carbocycles. The Morgan fingerprint density at radius 2 is 0.964 bits per heavy atom. The van der Waals surface area contributed by atoms with Crippen molar-refractivity contribution in [3.8, 4) is 22.6 Å². The Balaban J connectivity index is 0.000000175. The monoisotopic (exact) mass is 1180 g/mol. The van der Waals surface area contributed by atoms with Gasteiger partial charge in [-0.2, -0.15) is 0 Å². The first kappa shape index (κ1) is 57.3. The summed E-state index contributed by atoms with van der Waals surface area (Å²) in [6.07, 6.45) is 5.83. The molecular weight excluding hydrogens is 1120 g/mol. The minimum atomic E-state index is -3.65. The fourth-order valence-corrected chi connectivity index (χ4v) is 12.5. The van der Waals surface area contributed by atoms with Crippen LogP contribution in [0.4, 0.5) is 40.8 Å². The van der Waals surface area contributed by atoms with Gasteiger partial charge in [-0.3, -0.25) is 18.2 Å². The fourth-order valence-electron chi connectivity index (χ4n) is 11.5. The molecule has 6 heterocycles. The van der Waals surface area contributed by atoms with Crippen LogP contribution in [0.1, 0.15) is 96.1 Å². The summed E-state index contributed by atoms with van der Waals surface area (Å²) in [6, 6.07) is 28.0. The number of rotatable bonds is 14. The van der Waals surface area contributed by atoms with Gasteiger partial charge in [0.2, 0.25) is 31.9 Å². The lowest BCUT2D eigenvalue weighted by molar-refractivity contribution is 0.0981. The molecule has 2 N–H and O–H groups in total. The number of H-pyrrole nitrogens is 2. The largest absolute Gasteiger partial charge is 0.455 e. The quantitative estimate of drug-likeness (QED) is 0.0772. The molecule has 2 saturated heterocycles. The number of ketones is 2. The number of carbonyl (C=O) groups is 2. The second kappa shape index (κ2) is 22.6. The summed E-state index contributed by atoms with van der Waals surface area (Å²) in [5.74, 6) is -0.456. The number of hydrogen-bond donors (Lipinski definition) is 2. The van der Waals surface area contributed by atoms with Crippen molar-refractivity contribution in [1.29, 1.82) is 0 Å². The minimum absolute atomic E-state index is 0.130. The second-order valence-electron chi connectivity index (χ2n) is 21.4. The van der Waals surface area contributed by atoms with E-state index >= 15 is 0 Å². The van der Waals surface area contributed by atoms with Gasteiger partial charge < -0.3 is 28.6 Å². The third-order valence-electron chi connectivity index (χ3n) is 16.0. The van der Waals surface area contributed by atoms with E-state index in [-0.39, 0.29) is 47.3 Å². The molecule has 0 radical (unpaired) electrons. The highest BCUT2D eigenvalue weighted by Crippen LogP contribution is 2.45. The van der Waals surface area contributed by atoms with E-state index < -0.39 is 43.3 Å². The Morgan fingerprint density at radius 1 is 0.583 bits per heavy atom. The molecule has 2 aliphatic rings. The van der Waals surface area contributed by atoms with Crippen LogP contribution in [0.15, 0.2) is 118 Å². The molecule has 22 heteroatoms. The molecule has 0 spiro atoms. The topological polar surface area (TPSA) is 199 Å². The SMILES string of the molecule is CCC(=O)c1c(-c2ccc(F)cc2)oc2cc(N(C)S(C)(=O)=O)c([C@@H]3CCCN(c4nc5c(F)cccc5[nH]4)C3)cc12.CCC(=O)c1c(-c2ccc(F)cc2)oc2cc(N(C)S(C)(=O)=O)c([C@H]3CCCN(c4nc5c(F)cccc5[nH]4)C3)cc12. The van der Waals surface area contributed by atoms with Gasteiger partial charge in [0.1, 0.15) is 45.4 Å². The van der Waals surface area contributed by atoms with Crippen LogP contribution in [-0.2, 0) is 20.0 Å². The number of nitrogens with one attached hydrogen (secondary N) is 2. The number of sulfonamides is 2. The van der Waals surface area contributed by atoms with Crippen molar-refractivity contribution in [2.75, 3.05) is 71.2 Å². The van der Waals surface area contributed by atoms with Crippen molar-refractivity contribution in [1.82, 2.24) is 19.9 Å². The average Bonchev–Trinajstić information content (AvgIpc) is 3.45. The second-order valence-corrected chi connectivity index (χ2v) is 25.4. The molecule has 6 aromatic carbocycles. The lowest BCUT2D eigenvalue weighted by Crippen LogP contribution is -2.36. The smallest absolute Gasteiger partial charge is 0.232 e. The van der Waals surface area contributed by atoms with E-state index in [9.17, 15) is 44.0 Å².